The highest BCUT2D eigenvalue weighted by Crippen LogP contribution is 2.24. The molecule has 19 heavy (non-hydrogen) atoms. The fraction of sp³-hybridized carbons (Fsp3) is 1.00. The van der Waals surface area contributed by atoms with Crippen LogP contribution >= 0.6 is 0 Å². The van der Waals surface area contributed by atoms with Crippen LogP contribution in [0.15, 0.2) is 0 Å². The first kappa shape index (κ1) is 16.9. The van der Waals surface area contributed by atoms with Gasteiger partial charge in [0.05, 0.1) is 6.61 Å². The minimum atomic E-state index is 0.708. The molecule has 0 heterocycles. The van der Waals surface area contributed by atoms with Crippen LogP contribution in [0.25, 0.3) is 0 Å². The molecule has 0 amide bonds. The Morgan fingerprint density at radius 3 is 2.58 bits per heavy atom. The molecular formula is C16H34N2O. The van der Waals surface area contributed by atoms with Crippen molar-refractivity contribution < 1.29 is 4.74 Å². The van der Waals surface area contributed by atoms with Crippen molar-refractivity contribution in [3.8, 4) is 0 Å². The maximum atomic E-state index is 5.26. The third-order valence-electron chi connectivity index (χ3n) is 4.26. The predicted octanol–water partition coefficient (Wildman–Crippen LogP) is 2.76. The van der Waals surface area contributed by atoms with Gasteiger partial charge >= 0.3 is 0 Å². The molecule has 3 heteroatoms. The van der Waals surface area contributed by atoms with Crippen molar-refractivity contribution in [1.29, 1.82) is 0 Å². The lowest BCUT2D eigenvalue weighted by Gasteiger charge is -2.32. The summed E-state index contributed by atoms with van der Waals surface area (Å²) in [6, 6.07) is 0.708. The third kappa shape index (κ3) is 6.73. The van der Waals surface area contributed by atoms with E-state index in [2.05, 4.69) is 31.1 Å². The van der Waals surface area contributed by atoms with Crippen LogP contribution in [0, 0.1) is 11.8 Å². The summed E-state index contributed by atoms with van der Waals surface area (Å²) in [5.41, 5.74) is 0. The van der Waals surface area contributed by atoms with Gasteiger partial charge in [0.2, 0.25) is 0 Å². The molecule has 1 aliphatic carbocycles. The second-order valence-corrected chi connectivity index (χ2v) is 6.44. The molecule has 114 valence electrons. The van der Waals surface area contributed by atoms with E-state index in [0.29, 0.717) is 6.04 Å². The monoisotopic (exact) mass is 270 g/mol. The van der Waals surface area contributed by atoms with Crippen molar-refractivity contribution in [2.45, 2.75) is 52.0 Å². The van der Waals surface area contributed by atoms with Crippen molar-refractivity contribution in [3.05, 3.63) is 0 Å². The summed E-state index contributed by atoms with van der Waals surface area (Å²) in [5.74, 6) is 1.54. The van der Waals surface area contributed by atoms with E-state index >= 15 is 0 Å². The summed E-state index contributed by atoms with van der Waals surface area (Å²) in [5, 5.41) is 3.55. The van der Waals surface area contributed by atoms with Gasteiger partial charge in [0.15, 0.2) is 0 Å². The highest BCUT2D eigenvalue weighted by Gasteiger charge is 2.24. The second kappa shape index (κ2) is 9.73. The fourth-order valence-corrected chi connectivity index (χ4v) is 3.31. The fourth-order valence-electron chi connectivity index (χ4n) is 3.31. The van der Waals surface area contributed by atoms with Gasteiger partial charge in [0, 0.05) is 32.8 Å². The Kier molecular flexibility index (Phi) is 8.67. The number of methoxy groups -OCH3 is 1. The highest BCUT2D eigenvalue weighted by atomic mass is 16.5. The Morgan fingerprint density at radius 1 is 1.21 bits per heavy atom. The van der Waals surface area contributed by atoms with Gasteiger partial charge in [0.1, 0.15) is 0 Å². The lowest BCUT2D eigenvalue weighted by molar-refractivity contribution is 0.119. The lowest BCUT2D eigenvalue weighted by Crippen LogP contribution is -2.42. The molecule has 1 aliphatic rings. The Bertz CT molecular complexity index is 221. The molecule has 3 nitrogen and oxygen atoms in total. The van der Waals surface area contributed by atoms with Gasteiger partial charge in [0.25, 0.3) is 0 Å². The van der Waals surface area contributed by atoms with Gasteiger partial charge in [-0.2, -0.15) is 0 Å². The molecule has 0 saturated heterocycles. The minimum absolute atomic E-state index is 0.708. The molecule has 2 unspecified atom stereocenters. The quantitative estimate of drug-likeness (QED) is 0.686. The molecule has 1 fully saturated rings. The van der Waals surface area contributed by atoms with Crippen LogP contribution in [0.4, 0.5) is 0 Å². The van der Waals surface area contributed by atoms with E-state index in [4.69, 9.17) is 4.74 Å². The van der Waals surface area contributed by atoms with Crippen molar-refractivity contribution in [1.82, 2.24) is 10.2 Å². The Labute approximate surface area is 120 Å². The summed E-state index contributed by atoms with van der Waals surface area (Å²) in [6.07, 6.45) is 6.94. The number of hydrogen-bond acceptors (Lipinski definition) is 3. The molecule has 1 N–H and O–H groups in total. The van der Waals surface area contributed by atoms with E-state index in [0.717, 1.165) is 25.0 Å². The van der Waals surface area contributed by atoms with Crippen LogP contribution in [0.5, 0.6) is 0 Å². The predicted molar refractivity (Wildman–Crippen MR) is 82.6 cm³/mol. The van der Waals surface area contributed by atoms with Gasteiger partial charge < -0.3 is 15.0 Å². The average molecular weight is 270 g/mol. The number of ether oxygens (including phenoxy) is 1. The van der Waals surface area contributed by atoms with E-state index in [1.165, 1.54) is 45.2 Å². The first-order valence-corrected chi connectivity index (χ1v) is 8.06. The van der Waals surface area contributed by atoms with E-state index in [1.807, 2.05) is 0 Å². The van der Waals surface area contributed by atoms with Crippen molar-refractivity contribution >= 4 is 0 Å². The van der Waals surface area contributed by atoms with Gasteiger partial charge in [-0.1, -0.05) is 33.1 Å². The molecule has 0 bridgehead atoms. The van der Waals surface area contributed by atoms with E-state index in [9.17, 15) is 0 Å². The molecule has 2 atom stereocenters. The molecule has 1 saturated carbocycles. The molecule has 0 aliphatic heterocycles. The molecule has 1 rings (SSSR count). The zero-order valence-corrected chi connectivity index (χ0v) is 13.5. The first-order chi connectivity index (χ1) is 9.17. The van der Waals surface area contributed by atoms with Gasteiger partial charge in [-0.25, -0.2) is 0 Å². The van der Waals surface area contributed by atoms with Crippen LogP contribution in [-0.4, -0.2) is 51.3 Å². The molecule has 0 radical (unpaired) electrons. The van der Waals surface area contributed by atoms with Crippen LogP contribution in [0.1, 0.15) is 46.0 Å². The highest BCUT2D eigenvalue weighted by molar-refractivity contribution is 4.81. The normalized spacial score (nSPS) is 24.9. The van der Waals surface area contributed by atoms with Crippen molar-refractivity contribution in [2.75, 3.05) is 40.4 Å². The van der Waals surface area contributed by atoms with E-state index in [1.54, 1.807) is 7.11 Å². The van der Waals surface area contributed by atoms with Gasteiger partial charge in [-0.05, 0) is 31.7 Å². The van der Waals surface area contributed by atoms with Crippen LogP contribution in [-0.2, 0) is 4.74 Å². The average Bonchev–Trinajstić information content (AvgIpc) is 2.60. The third-order valence-corrected chi connectivity index (χ3v) is 4.26. The molecular weight excluding hydrogens is 236 g/mol. The molecule has 0 aromatic carbocycles. The topological polar surface area (TPSA) is 24.5 Å². The molecule has 0 aromatic heterocycles. The number of nitrogens with zero attached hydrogens (tertiary/aromatic N) is 1. The van der Waals surface area contributed by atoms with Crippen LogP contribution < -0.4 is 5.32 Å². The lowest BCUT2D eigenvalue weighted by atomic mass is 9.94. The Morgan fingerprint density at radius 2 is 1.95 bits per heavy atom. The Balaban J connectivity index is 2.52. The maximum absolute atomic E-state index is 5.26. The number of hydrogen-bond donors (Lipinski definition) is 1. The zero-order chi connectivity index (χ0) is 14.1. The minimum Gasteiger partial charge on any atom is -0.383 e. The SMILES string of the molecule is CNC1CCCCCC1CN(CCOC)CC(C)C. The maximum Gasteiger partial charge on any atom is 0.0589 e. The summed E-state index contributed by atoms with van der Waals surface area (Å²) in [6.45, 7) is 8.96. The zero-order valence-electron chi connectivity index (χ0n) is 13.5. The van der Waals surface area contributed by atoms with Gasteiger partial charge in [-0.3, -0.25) is 0 Å². The standard InChI is InChI=1S/C16H34N2O/c1-14(2)12-18(10-11-19-4)13-15-8-6-5-7-9-16(15)17-3/h14-17H,5-13H2,1-4H3. The summed E-state index contributed by atoms with van der Waals surface area (Å²) < 4.78 is 5.26. The second-order valence-electron chi connectivity index (χ2n) is 6.44. The van der Waals surface area contributed by atoms with Crippen molar-refractivity contribution in [2.24, 2.45) is 11.8 Å². The van der Waals surface area contributed by atoms with Gasteiger partial charge in [-0.15, -0.1) is 0 Å². The summed E-state index contributed by atoms with van der Waals surface area (Å²) in [7, 11) is 3.93. The van der Waals surface area contributed by atoms with E-state index < -0.39 is 0 Å². The number of nitrogens with one attached hydrogen (secondary N) is 1. The summed E-state index contributed by atoms with van der Waals surface area (Å²) >= 11 is 0. The largest absolute Gasteiger partial charge is 0.383 e. The van der Waals surface area contributed by atoms with Crippen LogP contribution in [0.3, 0.4) is 0 Å². The molecule has 0 aromatic rings. The summed E-state index contributed by atoms with van der Waals surface area (Å²) in [4.78, 5) is 2.61. The number of rotatable bonds is 8. The molecule has 0 spiro atoms. The van der Waals surface area contributed by atoms with E-state index in [-0.39, 0.29) is 0 Å². The Hall–Kier alpha value is -0.120. The smallest absolute Gasteiger partial charge is 0.0589 e. The van der Waals surface area contributed by atoms with Crippen molar-refractivity contribution in [3.63, 3.8) is 0 Å². The first-order valence-electron chi connectivity index (χ1n) is 8.06. The van der Waals surface area contributed by atoms with Crippen LogP contribution in [0.2, 0.25) is 0 Å².